The van der Waals surface area contributed by atoms with Crippen molar-refractivity contribution in [2.75, 3.05) is 24.1 Å². The number of nitrogens with zero attached hydrogens (tertiary/aromatic N) is 3. The fraction of sp³-hybridized carbons (Fsp3) is 0.250. The molecule has 7 nitrogen and oxygen atoms in total. The molecule has 150 valence electrons. The van der Waals surface area contributed by atoms with Crippen molar-refractivity contribution in [2.45, 2.75) is 18.9 Å². The van der Waals surface area contributed by atoms with E-state index in [0.717, 1.165) is 12.8 Å². The van der Waals surface area contributed by atoms with E-state index in [1.165, 1.54) is 17.0 Å². The molecule has 0 radical (unpaired) electrons. The number of hydrogen-bond donors (Lipinski definition) is 3. The summed E-state index contributed by atoms with van der Waals surface area (Å²) in [6.45, 7) is 0.898. The predicted molar refractivity (Wildman–Crippen MR) is 106 cm³/mol. The number of nitrogen functional groups attached to an aromatic ring is 1. The van der Waals surface area contributed by atoms with Gasteiger partial charge in [0.25, 0.3) is 0 Å². The van der Waals surface area contributed by atoms with Crippen LogP contribution in [-0.4, -0.2) is 45.2 Å². The Balaban J connectivity index is 1.58. The molecule has 1 aliphatic rings. The van der Waals surface area contributed by atoms with Crippen molar-refractivity contribution in [1.82, 2.24) is 14.9 Å². The Hall–Kier alpha value is -3.49. The third-order valence-corrected chi connectivity index (χ3v) is 5.03. The van der Waals surface area contributed by atoms with E-state index >= 15 is 0 Å². The van der Waals surface area contributed by atoms with Crippen LogP contribution in [0.5, 0.6) is 0 Å². The average molecular weight is 399 g/mol. The first-order valence-corrected chi connectivity index (χ1v) is 9.17. The van der Waals surface area contributed by atoms with E-state index in [9.17, 15) is 13.6 Å². The van der Waals surface area contributed by atoms with E-state index in [4.69, 9.17) is 10.8 Å². The number of anilines is 2. The molecule has 0 spiro atoms. The zero-order chi connectivity index (χ0) is 20.5. The zero-order valence-corrected chi connectivity index (χ0v) is 15.4. The van der Waals surface area contributed by atoms with Crippen LogP contribution < -0.4 is 11.1 Å². The molecule has 4 N–H and O–H groups in total. The van der Waals surface area contributed by atoms with Crippen LogP contribution in [0.15, 0.2) is 36.5 Å². The van der Waals surface area contributed by atoms with E-state index in [1.54, 1.807) is 24.4 Å². The first kappa shape index (κ1) is 18.9. The zero-order valence-electron chi connectivity index (χ0n) is 15.4. The molecular formula is C20H19F2N5O2. The van der Waals surface area contributed by atoms with Crippen molar-refractivity contribution in [3.8, 4) is 11.1 Å². The summed E-state index contributed by atoms with van der Waals surface area (Å²) in [5.74, 6) is -1.67. The molecule has 0 saturated carbocycles. The molecule has 1 fully saturated rings. The summed E-state index contributed by atoms with van der Waals surface area (Å²) in [7, 11) is 0. The quantitative estimate of drug-likeness (QED) is 0.580. The van der Waals surface area contributed by atoms with Gasteiger partial charge in [0.15, 0.2) is 11.6 Å². The number of carbonyl (C=O) groups is 1. The second-order valence-electron chi connectivity index (χ2n) is 7.01. The maximum absolute atomic E-state index is 14.2. The molecular weight excluding hydrogens is 380 g/mol. The summed E-state index contributed by atoms with van der Waals surface area (Å²) in [5, 5.41) is 13.0. The molecule has 2 aromatic carbocycles. The predicted octanol–water partition coefficient (Wildman–Crippen LogP) is 3.71. The molecule has 1 aromatic heterocycles. The van der Waals surface area contributed by atoms with Gasteiger partial charge in [0.2, 0.25) is 5.95 Å². The van der Waals surface area contributed by atoms with E-state index in [1.807, 2.05) is 0 Å². The van der Waals surface area contributed by atoms with Crippen molar-refractivity contribution >= 4 is 28.6 Å². The van der Waals surface area contributed by atoms with Crippen LogP contribution in [0.1, 0.15) is 12.8 Å². The first-order valence-electron chi connectivity index (χ1n) is 9.17. The molecule has 0 unspecified atom stereocenters. The Morgan fingerprint density at radius 2 is 2.07 bits per heavy atom. The lowest BCUT2D eigenvalue weighted by Gasteiger charge is -2.31. The van der Waals surface area contributed by atoms with Gasteiger partial charge in [-0.05, 0) is 42.7 Å². The standard InChI is InChI=1S/C20H19F2N5O2/c21-17-14(4-5-15(23)18(17)22)11-3-6-16-12(8-11)9-24-19(26-16)25-13-2-1-7-27(10-13)20(28)29/h3-6,8-9,13H,1-2,7,10,23H2,(H,28,29)(H,24,25,26)/t13-/m0/s1. The smallest absolute Gasteiger partial charge is 0.407 e. The summed E-state index contributed by atoms with van der Waals surface area (Å²) in [4.78, 5) is 21.3. The largest absolute Gasteiger partial charge is 0.465 e. The number of carboxylic acid groups (broad SMARTS) is 1. The van der Waals surface area contributed by atoms with Crippen LogP contribution in [-0.2, 0) is 0 Å². The van der Waals surface area contributed by atoms with Crippen LogP contribution >= 0.6 is 0 Å². The summed E-state index contributed by atoms with van der Waals surface area (Å²) in [6, 6.07) is 7.73. The van der Waals surface area contributed by atoms with Gasteiger partial charge in [-0.15, -0.1) is 0 Å². The second kappa shape index (κ2) is 7.50. The number of nitrogens with one attached hydrogen (secondary N) is 1. The number of amides is 1. The Morgan fingerprint density at radius 1 is 1.24 bits per heavy atom. The van der Waals surface area contributed by atoms with Gasteiger partial charge in [0.05, 0.1) is 11.2 Å². The minimum atomic E-state index is -1.07. The number of rotatable bonds is 3. The molecule has 3 aromatic rings. The van der Waals surface area contributed by atoms with Crippen molar-refractivity contribution in [2.24, 2.45) is 0 Å². The highest BCUT2D eigenvalue weighted by Crippen LogP contribution is 2.29. The fourth-order valence-corrected chi connectivity index (χ4v) is 3.51. The number of fused-ring (bicyclic) bond motifs is 1. The number of piperidine rings is 1. The highest BCUT2D eigenvalue weighted by Gasteiger charge is 2.23. The number of benzene rings is 2. The maximum atomic E-state index is 14.2. The normalized spacial score (nSPS) is 16.8. The molecule has 0 bridgehead atoms. The van der Waals surface area contributed by atoms with Gasteiger partial charge in [-0.25, -0.2) is 23.5 Å². The lowest BCUT2D eigenvalue weighted by molar-refractivity contribution is 0.132. The summed E-state index contributed by atoms with van der Waals surface area (Å²) in [5.41, 5.74) is 6.39. The number of nitrogens with two attached hydrogens (primary N) is 1. The van der Waals surface area contributed by atoms with Crippen LogP contribution in [0.3, 0.4) is 0 Å². The topological polar surface area (TPSA) is 104 Å². The monoisotopic (exact) mass is 399 g/mol. The Kier molecular flexibility index (Phi) is 4.87. The summed E-state index contributed by atoms with van der Waals surface area (Å²) < 4.78 is 28.0. The van der Waals surface area contributed by atoms with Crippen LogP contribution in [0.2, 0.25) is 0 Å². The second-order valence-corrected chi connectivity index (χ2v) is 7.01. The van der Waals surface area contributed by atoms with Crippen molar-refractivity contribution < 1.29 is 18.7 Å². The van der Waals surface area contributed by atoms with Gasteiger partial charge in [-0.1, -0.05) is 6.07 Å². The molecule has 9 heteroatoms. The van der Waals surface area contributed by atoms with Gasteiger partial charge in [0.1, 0.15) is 0 Å². The van der Waals surface area contributed by atoms with Gasteiger partial charge in [0, 0.05) is 36.3 Å². The lowest BCUT2D eigenvalue weighted by atomic mass is 10.0. The average Bonchev–Trinajstić information content (AvgIpc) is 2.72. The van der Waals surface area contributed by atoms with Gasteiger partial charge < -0.3 is 21.1 Å². The first-order chi connectivity index (χ1) is 13.9. The molecule has 0 aliphatic carbocycles. The third-order valence-electron chi connectivity index (χ3n) is 5.03. The molecule has 1 amide bonds. The molecule has 4 rings (SSSR count). The van der Waals surface area contributed by atoms with E-state index in [0.29, 0.717) is 35.5 Å². The van der Waals surface area contributed by atoms with E-state index in [2.05, 4.69) is 15.3 Å². The number of halogens is 2. The highest BCUT2D eigenvalue weighted by molar-refractivity contribution is 5.85. The van der Waals surface area contributed by atoms with Crippen molar-refractivity contribution in [3.05, 3.63) is 48.2 Å². The third kappa shape index (κ3) is 3.75. The van der Waals surface area contributed by atoms with Crippen molar-refractivity contribution in [3.63, 3.8) is 0 Å². The fourth-order valence-electron chi connectivity index (χ4n) is 3.51. The van der Waals surface area contributed by atoms with Crippen LogP contribution in [0, 0.1) is 11.6 Å². The molecule has 2 heterocycles. The number of likely N-dealkylation sites (tertiary alicyclic amines) is 1. The summed E-state index contributed by atoms with van der Waals surface area (Å²) in [6.07, 6.45) is 2.25. The minimum Gasteiger partial charge on any atom is -0.465 e. The lowest BCUT2D eigenvalue weighted by Crippen LogP contribution is -2.44. The molecule has 29 heavy (non-hydrogen) atoms. The van der Waals surface area contributed by atoms with E-state index < -0.39 is 17.7 Å². The van der Waals surface area contributed by atoms with Crippen LogP contribution in [0.25, 0.3) is 22.0 Å². The Morgan fingerprint density at radius 3 is 2.86 bits per heavy atom. The minimum absolute atomic E-state index is 0.0663. The summed E-state index contributed by atoms with van der Waals surface area (Å²) >= 11 is 0. The number of hydrogen-bond acceptors (Lipinski definition) is 5. The Labute approximate surface area is 165 Å². The van der Waals surface area contributed by atoms with Crippen LogP contribution in [0.4, 0.5) is 25.2 Å². The van der Waals surface area contributed by atoms with Crippen molar-refractivity contribution in [1.29, 1.82) is 0 Å². The van der Waals surface area contributed by atoms with E-state index in [-0.39, 0.29) is 17.3 Å². The molecule has 1 atom stereocenters. The molecule has 1 saturated heterocycles. The SMILES string of the molecule is Nc1ccc(-c2ccc3nc(N[C@H]4CCCN(C(=O)O)C4)ncc3c2)c(F)c1F. The van der Waals surface area contributed by atoms with Gasteiger partial charge in [-0.3, -0.25) is 0 Å². The highest BCUT2D eigenvalue weighted by atomic mass is 19.2. The number of aromatic nitrogens is 2. The maximum Gasteiger partial charge on any atom is 0.407 e. The molecule has 1 aliphatic heterocycles. The Bertz CT molecular complexity index is 1090. The van der Waals surface area contributed by atoms with Gasteiger partial charge >= 0.3 is 6.09 Å². The van der Waals surface area contributed by atoms with Gasteiger partial charge in [-0.2, -0.15) is 0 Å².